The Bertz CT molecular complexity index is 351. The van der Waals surface area contributed by atoms with Crippen molar-refractivity contribution in [1.82, 2.24) is 5.32 Å². The molecule has 0 aliphatic carbocycles. The van der Waals surface area contributed by atoms with Gasteiger partial charge in [-0.05, 0) is 43.0 Å². The van der Waals surface area contributed by atoms with Crippen LogP contribution in [-0.2, 0) is 6.54 Å². The minimum Gasteiger partial charge on any atom is -0.478 e. The first kappa shape index (κ1) is 14.1. The van der Waals surface area contributed by atoms with Crippen LogP contribution in [0.2, 0.25) is 0 Å². The van der Waals surface area contributed by atoms with E-state index in [2.05, 4.69) is 18.5 Å². The highest BCUT2D eigenvalue weighted by atomic mass is 32.2. The highest BCUT2D eigenvalue weighted by Gasteiger charge is 2.03. The number of rotatable bonds is 7. The number of nitrogens with one attached hydrogen (secondary N) is 1. The van der Waals surface area contributed by atoms with Crippen LogP contribution in [0, 0.1) is 0 Å². The van der Waals surface area contributed by atoms with E-state index in [4.69, 9.17) is 5.11 Å². The highest BCUT2D eigenvalue weighted by Crippen LogP contribution is 2.06. The van der Waals surface area contributed by atoms with Gasteiger partial charge in [0.2, 0.25) is 0 Å². The number of carboxylic acids is 1. The van der Waals surface area contributed by atoms with Gasteiger partial charge in [-0.2, -0.15) is 11.8 Å². The van der Waals surface area contributed by atoms with Crippen LogP contribution in [0.25, 0.3) is 0 Å². The lowest BCUT2D eigenvalue weighted by Crippen LogP contribution is -2.25. The van der Waals surface area contributed by atoms with Crippen LogP contribution < -0.4 is 5.32 Å². The Morgan fingerprint density at radius 2 is 2.06 bits per heavy atom. The van der Waals surface area contributed by atoms with Gasteiger partial charge in [-0.15, -0.1) is 0 Å². The van der Waals surface area contributed by atoms with Gasteiger partial charge < -0.3 is 10.4 Å². The van der Waals surface area contributed by atoms with E-state index in [-0.39, 0.29) is 0 Å². The van der Waals surface area contributed by atoms with Crippen molar-refractivity contribution in [3.8, 4) is 0 Å². The average molecular weight is 253 g/mol. The lowest BCUT2D eigenvalue weighted by atomic mass is 10.1. The maximum Gasteiger partial charge on any atom is 0.335 e. The first-order valence-corrected chi connectivity index (χ1v) is 7.07. The Labute approximate surface area is 107 Å². The van der Waals surface area contributed by atoms with Crippen molar-refractivity contribution in [2.75, 3.05) is 12.0 Å². The Hall–Kier alpha value is -1.00. The maximum absolute atomic E-state index is 10.7. The predicted octanol–water partition coefficient (Wildman–Crippen LogP) is 2.62. The summed E-state index contributed by atoms with van der Waals surface area (Å²) in [6, 6.07) is 7.49. The van der Waals surface area contributed by atoms with Crippen LogP contribution >= 0.6 is 11.8 Å². The van der Waals surface area contributed by atoms with E-state index >= 15 is 0 Å². The molecule has 0 saturated heterocycles. The molecule has 1 rings (SSSR count). The van der Waals surface area contributed by atoms with Crippen LogP contribution in [0.1, 0.15) is 29.3 Å². The molecule has 2 N–H and O–H groups in total. The Morgan fingerprint density at radius 3 is 2.59 bits per heavy atom. The standard InChI is InChI=1S/C13H19NO2S/c1-10(7-8-17-2)14-9-11-3-5-12(6-4-11)13(15)16/h3-6,10,14H,7-9H2,1-2H3,(H,15,16). The second kappa shape index (κ2) is 7.35. The largest absolute Gasteiger partial charge is 0.478 e. The number of thioether (sulfide) groups is 1. The van der Waals surface area contributed by atoms with Gasteiger partial charge in [0.15, 0.2) is 0 Å². The van der Waals surface area contributed by atoms with Crippen molar-refractivity contribution < 1.29 is 9.90 Å². The zero-order valence-corrected chi connectivity index (χ0v) is 11.1. The summed E-state index contributed by atoms with van der Waals surface area (Å²) in [6.07, 6.45) is 3.26. The van der Waals surface area contributed by atoms with Crippen molar-refractivity contribution in [2.45, 2.75) is 25.9 Å². The molecule has 17 heavy (non-hydrogen) atoms. The Kier molecular flexibility index (Phi) is 6.08. The zero-order valence-electron chi connectivity index (χ0n) is 10.3. The molecule has 0 saturated carbocycles. The quantitative estimate of drug-likeness (QED) is 0.784. The third kappa shape index (κ3) is 5.24. The molecule has 0 amide bonds. The van der Waals surface area contributed by atoms with E-state index in [1.165, 1.54) is 0 Å². The fourth-order valence-corrected chi connectivity index (χ4v) is 2.04. The molecule has 4 heteroatoms. The predicted molar refractivity (Wildman–Crippen MR) is 72.7 cm³/mol. The van der Waals surface area contributed by atoms with Gasteiger partial charge in [0.1, 0.15) is 0 Å². The molecule has 1 aromatic carbocycles. The van der Waals surface area contributed by atoms with E-state index in [1.807, 2.05) is 23.9 Å². The third-order valence-electron chi connectivity index (χ3n) is 2.61. The first-order chi connectivity index (χ1) is 8.13. The Morgan fingerprint density at radius 1 is 1.41 bits per heavy atom. The van der Waals surface area contributed by atoms with Crippen LogP contribution in [0.15, 0.2) is 24.3 Å². The molecule has 0 radical (unpaired) electrons. The van der Waals surface area contributed by atoms with Crippen molar-refractivity contribution in [3.63, 3.8) is 0 Å². The molecule has 3 nitrogen and oxygen atoms in total. The fraction of sp³-hybridized carbons (Fsp3) is 0.462. The van der Waals surface area contributed by atoms with E-state index in [9.17, 15) is 4.79 Å². The molecule has 0 heterocycles. The summed E-state index contributed by atoms with van der Waals surface area (Å²) >= 11 is 1.85. The second-order valence-electron chi connectivity index (χ2n) is 4.07. The SMILES string of the molecule is CSCCC(C)NCc1ccc(C(=O)O)cc1. The summed E-state index contributed by atoms with van der Waals surface area (Å²) in [4.78, 5) is 10.7. The molecule has 94 valence electrons. The molecule has 0 aliphatic rings. The summed E-state index contributed by atoms with van der Waals surface area (Å²) in [5, 5.41) is 12.2. The topological polar surface area (TPSA) is 49.3 Å². The second-order valence-corrected chi connectivity index (χ2v) is 5.05. The summed E-state index contributed by atoms with van der Waals surface area (Å²) < 4.78 is 0. The van der Waals surface area contributed by atoms with Gasteiger partial charge in [-0.1, -0.05) is 12.1 Å². The van der Waals surface area contributed by atoms with Crippen LogP contribution in [0.4, 0.5) is 0 Å². The molecule has 0 fully saturated rings. The summed E-state index contributed by atoms with van der Waals surface area (Å²) in [5.74, 6) is 0.282. The van der Waals surface area contributed by atoms with Gasteiger partial charge >= 0.3 is 5.97 Å². The van der Waals surface area contributed by atoms with Gasteiger partial charge in [0, 0.05) is 12.6 Å². The minimum absolute atomic E-state index is 0.337. The molecule has 0 aliphatic heterocycles. The van der Waals surface area contributed by atoms with E-state index in [0.717, 1.165) is 24.3 Å². The van der Waals surface area contributed by atoms with Gasteiger partial charge in [-0.25, -0.2) is 4.79 Å². The van der Waals surface area contributed by atoms with Crippen molar-refractivity contribution in [1.29, 1.82) is 0 Å². The summed E-state index contributed by atoms with van der Waals surface area (Å²) in [7, 11) is 0. The number of benzene rings is 1. The van der Waals surface area contributed by atoms with E-state index < -0.39 is 5.97 Å². The smallest absolute Gasteiger partial charge is 0.335 e. The first-order valence-electron chi connectivity index (χ1n) is 5.68. The molecular formula is C13H19NO2S. The zero-order chi connectivity index (χ0) is 12.7. The molecule has 0 bridgehead atoms. The summed E-state index contributed by atoms with van der Waals surface area (Å²) in [6.45, 7) is 2.96. The van der Waals surface area contributed by atoms with Crippen molar-refractivity contribution >= 4 is 17.7 Å². The molecule has 1 atom stereocenters. The number of hydrogen-bond donors (Lipinski definition) is 2. The number of hydrogen-bond acceptors (Lipinski definition) is 3. The lowest BCUT2D eigenvalue weighted by molar-refractivity contribution is 0.0697. The molecule has 0 aromatic heterocycles. The van der Waals surface area contributed by atoms with E-state index in [0.29, 0.717) is 11.6 Å². The van der Waals surface area contributed by atoms with Crippen LogP contribution in [0.5, 0.6) is 0 Å². The van der Waals surface area contributed by atoms with Crippen LogP contribution in [0.3, 0.4) is 0 Å². The Balaban J connectivity index is 2.39. The summed E-state index contributed by atoms with van der Waals surface area (Å²) in [5.41, 5.74) is 1.45. The number of carbonyl (C=O) groups is 1. The van der Waals surface area contributed by atoms with Gasteiger partial charge in [0.25, 0.3) is 0 Å². The molecule has 0 spiro atoms. The molecule has 1 unspecified atom stereocenters. The van der Waals surface area contributed by atoms with Gasteiger partial charge in [-0.3, -0.25) is 0 Å². The van der Waals surface area contributed by atoms with Crippen LogP contribution in [-0.4, -0.2) is 29.1 Å². The average Bonchev–Trinajstić information content (AvgIpc) is 2.34. The third-order valence-corrected chi connectivity index (χ3v) is 3.25. The minimum atomic E-state index is -0.877. The fourth-order valence-electron chi connectivity index (χ4n) is 1.45. The van der Waals surface area contributed by atoms with Crippen molar-refractivity contribution in [3.05, 3.63) is 35.4 Å². The lowest BCUT2D eigenvalue weighted by Gasteiger charge is -2.13. The van der Waals surface area contributed by atoms with E-state index in [1.54, 1.807) is 12.1 Å². The maximum atomic E-state index is 10.7. The molecule has 1 aromatic rings. The normalized spacial score (nSPS) is 12.4. The number of aromatic carboxylic acids is 1. The monoisotopic (exact) mass is 253 g/mol. The molecular weight excluding hydrogens is 234 g/mol. The van der Waals surface area contributed by atoms with Gasteiger partial charge in [0.05, 0.1) is 5.56 Å². The number of carboxylic acid groups (broad SMARTS) is 1. The van der Waals surface area contributed by atoms with Crippen molar-refractivity contribution in [2.24, 2.45) is 0 Å². The highest BCUT2D eigenvalue weighted by molar-refractivity contribution is 7.98.